The molecule has 0 spiro atoms. The highest BCUT2D eigenvalue weighted by atomic mass is 32.2. The van der Waals surface area contributed by atoms with E-state index < -0.39 is 6.10 Å². The first-order valence-corrected chi connectivity index (χ1v) is 7.81. The zero-order valence-corrected chi connectivity index (χ0v) is 12.8. The number of hydrogen-bond acceptors (Lipinski definition) is 3. The number of anilines is 2. The molecule has 5 heteroatoms. The Morgan fingerprint density at radius 2 is 1.76 bits per heavy atom. The average molecular weight is 302 g/mol. The summed E-state index contributed by atoms with van der Waals surface area (Å²) in [6.07, 6.45) is 1.44. The molecule has 0 bridgehead atoms. The van der Waals surface area contributed by atoms with Gasteiger partial charge in [0.2, 0.25) is 0 Å². The maximum atomic E-state index is 11.9. The molecule has 3 N–H and O–H groups in total. The molecule has 21 heavy (non-hydrogen) atoms. The fourth-order valence-corrected chi connectivity index (χ4v) is 2.25. The summed E-state index contributed by atoms with van der Waals surface area (Å²) in [7, 11) is 0. The lowest BCUT2D eigenvalue weighted by atomic mass is 10.1. The average Bonchev–Trinajstić information content (AvgIpc) is 2.48. The fourth-order valence-electron chi connectivity index (χ4n) is 1.84. The molecule has 2 aromatic rings. The van der Waals surface area contributed by atoms with Gasteiger partial charge in [-0.2, -0.15) is 0 Å². The van der Waals surface area contributed by atoms with E-state index in [1.54, 1.807) is 36.9 Å². The van der Waals surface area contributed by atoms with E-state index in [0.717, 1.165) is 16.1 Å². The molecule has 2 amide bonds. The van der Waals surface area contributed by atoms with Gasteiger partial charge < -0.3 is 15.7 Å². The van der Waals surface area contributed by atoms with Gasteiger partial charge in [0, 0.05) is 16.3 Å². The zero-order chi connectivity index (χ0) is 15.2. The second-order valence-electron chi connectivity index (χ2n) is 4.61. The molecule has 1 atom stereocenters. The van der Waals surface area contributed by atoms with Crippen molar-refractivity contribution in [2.24, 2.45) is 0 Å². The summed E-state index contributed by atoms with van der Waals surface area (Å²) in [5.74, 6) is 0. The topological polar surface area (TPSA) is 61.4 Å². The van der Waals surface area contributed by atoms with Gasteiger partial charge in [-0.3, -0.25) is 0 Å². The molecule has 0 saturated heterocycles. The van der Waals surface area contributed by atoms with Crippen LogP contribution in [-0.4, -0.2) is 17.4 Å². The summed E-state index contributed by atoms with van der Waals surface area (Å²) in [5.41, 5.74) is 2.14. The summed E-state index contributed by atoms with van der Waals surface area (Å²) in [6.45, 7) is 1.69. The van der Waals surface area contributed by atoms with Crippen molar-refractivity contribution in [2.75, 3.05) is 16.9 Å². The van der Waals surface area contributed by atoms with Gasteiger partial charge in [-0.25, -0.2) is 4.79 Å². The van der Waals surface area contributed by atoms with Gasteiger partial charge in [0.05, 0.1) is 6.10 Å². The van der Waals surface area contributed by atoms with Crippen molar-refractivity contribution in [3.05, 3.63) is 54.1 Å². The number of nitrogens with one attached hydrogen (secondary N) is 2. The fraction of sp³-hybridized carbons (Fsp3) is 0.188. The lowest BCUT2D eigenvalue weighted by Gasteiger charge is -2.10. The number of aliphatic hydroxyl groups is 1. The minimum absolute atomic E-state index is 0.311. The molecule has 0 saturated carbocycles. The largest absolute Gasteiger partial charge is 0.389 e. The second kappa shape index (κ2) is 7.15. The zero-order valence-electron chi connectivity index (χ0n) is 12.0. The van der Waals surface area contributed by atoms with Crippen LogP contribution in [0.5, 0.6) is 0 Å². The van der Waals surface area contributed by atoms with Crippen molar-refractivity contribution < 1.29 is 9.90 Å². The van der Waals surface area contributed by atoms with Crippen molar-refractivity contribution >= 4 is 29.2 Å². The highest BCUT2D eigenvalue weighted by Crippen LogP contribution is 2.19. The molecule has 2 rings (SSSR count). The van der Waals surface area contributed by atoms with E-state index in [9.17, 15) is 9.90 Å². The van der Waals surface area contributed by atoms with E-state index in [-0.39, 0.29) is 6.03 Å². The normalized spacial score (nSPS) is 11.8. The van der Waals surface area contributed by atoms with Crippen LogP contribution in [0.25, 0.3) is 0 Å². The molecule has 0 radical (unpaired) electrons. The molecular formula is C16H18N2O2S. The van der Waals surface area contributed by atoms with Crippen LogP contribution >= 0.6 is 11.8 Å². The van der Waals surface area contributed by atoms with Gasteiger partial charge in [-0.05, 0) is 55.1 Å². The molecule has 110 valence electrons. The van der Waals surface area contributed by atoms with Crippen LogP contribution in [0.4, 0.5) is 16.2 Å². The second-order valence-corrected chi connectivity index (χ2v) is 5.49. The van der Waals surface area contributed by atoms with Gasteiger partial charge in [0.15, 0.2) is 0 Å². The van der Waals surface area contributed by atoms with Crippen LogP contribution in [0.15, 0.2) is 53.4 Å². The summed E-state index contributed by atoms with van der Waals surface area (Å²) in [5, 5.41) is 15.1. The van der Waals surface area contributed by atoms with Gasteiger partial charge in [-0.1, -0.05) is 12.1 Å². The van der Waals surface area contributed by atoms with E-state index in [4.69, 9.17) is 0 Å². The Hall–Kier alpha value is -1.98. The standard InChI is InChI=1S/C16H18N2O2S/c1-11(19)12-4-3-5-14(10-12)18-16(20)17-13-6-8-15(21-2)9-7-13/h3-11,19H,1-2H3,(H2,17,18,20). The lowest BCUT2D eigenvalue weighted by Crippen LogP contribution is -2.19. The van der Waals surface area contributed by atoms with Gasteiger partial charge in [0.25, 0.3) is 0 Å². The van der Waals surface area contributed by atoms with Crippen molar-refractivity contribution in [2.45, 2.75) is 17.9 Å². The Morgan fingerprint density at radius 3 is 2.38 bits per heavy atom. The SMILES string of the molecule is CSc1ccc(NC(=O)Nc2cccc(C(C)O)c2)cc1. The predicted molar refractivity (Wildman–Crippen MR) is 87.9 cm³/mol. The first-order chi connectivity index (χ1) is 10.1. The number of thioether (sulfide) groups is 1. The minimum atomic E-state index is -0.561. The lowest BCUT2D eigenvalue weighted by molar-refractivity contribution is 0.199. The highest BCUT2D eigenvalue weighted by molar-refractivity contribution is 7.98. The number of carbonyl (C=O) groups excluding carboxylic acids is 1. The van der Waals surface area contributed by atoms with Crippen LogP contribution in [0.3, 0.4) is 0 Å². The number of hydrogen-bond donors (Lipinski definition) is 3. The van der Waals surface area contributed by atoms with Crippen LogP contribution in [0.1, 0.15) is 18.6 Å². The molecule has 0 aliphatic heterocycles. The Labute approximate surface area is 128 Å². The van der Waals surface area contributed by atoms with E-state index in [0.29, 0.717) is 5.69 Å². The first-order valence-electron chi connectivity index (χ1n) is 6.58. The molecule has 2 aromatic carbocycles. The summed E-state index contributed by atoms with van der Waals surface area (Å²) < 4.78 is 0. The smallest absolute Gasteiger partial charge is 0.323 e. The maximum Gasteiger partial charge on any atom is 0.323 e. The monoisotopic (exact) mass is 302 g/mol. The summed E-state index contributed by atoms with van der Waals surface area (Å²) >= 11 is 1.65. The number of rotatable bonds is 4. The predicted octanol–water partition coefficient (Wildman–Crippen LogP) is 4.11. The van der Waals surface area contributed by atoms with Crippen molar-refractivity contribution in [3.63, 3.8) is 0 Å². The molecular weight excluding hydrogens is 284 g/mol. The number of aliphatic hydroxyl groups excluding tert-OH is 1. The molecule has 1 unspecified atom stereocenters. The Bertz CT molecular complexity index is 612. The molecule has 4 nitrogen and oxygen atoms in total. The molecule has 0 aliphatic carbocycles. The minimum Gasteiger partial charge on any atom is -0.389 e. The van der Waals surface area contributed by atoms with Crippen LogP contribution in [0, 0.1) is 0 Å². The van der Waals surface area contributed by atoms with Gasteiger partial charge in [0.1, 0.15) is 0 Å². The number of benzene rings is 2. The first kappa shape index (κ1) is 15.4. The number of urea groups is 1. The van der Waals surface area contributed by atoms with E-state index in [2.05, 4.69) is 10.6 Å². The van der Waals surface area contributed by atoms with Crippen LogP contribution in [-0.2, 0) is 0 Å². The van der Waals surface area contributed by atoms with E-state index >= 15 is 0 Å². The van der Waals surface area contributed by atoms with Crippen LogP contribution in [0.2, 0.25) is 0 Å². The molecule has 0 fully saturated rings. The number of carbonyl (C=O) groups is 1. The van der Waals surface area contributed by atoms with Gasteiger partial charge >= 0.3 is 6.03 Å². The number of amides is 2. The van der Waals surface area contributed by atoms with Crippen molar-refractivity contribution in [1.29, 1.82) is 0 Å². The molecule has 0 aromatic heterocycles. The highest BCUT2D eigenvalue weighted by Gasteiger charge is 2.05. The third-order valence-electron chi connectivity index (χ3n) is 2.97. The quantitative estimate of drug-likeness (QED) is 0.745. The van der Waals surface area contributed by atoms with E-state index in [1.165, 1.54) is 0 Å². The van der Waals surface area contributed by atoms with Crippen LogP contribution < -0.4 is 10.6 Å². The third-order valence-corrected chi connectivity index (χ3v) is 3.72. The van der Waals surface area contributed by atoms with Gasteiger partial charge in [-0.15, -0.1) is 11.8 Å². The third kappa shape index (κ3) is 4.51. The maximum absolute atomic E-state index is 11.9. The Kier molecular flexibility index (Phi) is 5.25. The Balaban J connectivity index is 1.99. The Morgan fingerprint density at radius 1 is 1.10 bits per heavy atom. The molecule has 0 heterocycles. The molecule has 0 aliphatic rings. The van der Waals surface area contributed by atoms with Crippen molar-refractivity contribution in [3.8, 4) is 0 Å². The van der Waals surface area contributed by atoms with E-state index in [1.807, 2.05) is 36.6 Å². The summed E-state index contributed by atoms with van der Waals surface area (Å²) in [6, 6.07) is 14.5. The summed E-state index contributed by atoms with van der Waals surface area (Å²) in [4.78, 5) is 13.1. The van der Waals surface area contributed by atoms with Crippen molar-refractivity contribution in [1.82, 2.24) is 0 Å².